The summed E-state index contributed by atoms with van der Waals surface area (Å²) in [5.41, 5.74) is 0.289. The van der Waals surface area contributed by atoms with Crippen LogP contribution in [0.1, 0.15) is 27.4 Å². The highest BCUT2D eigenvalue weighted by atomic mass is 79.9. The van der Waals surface area contributed by atoms with Crippen LogP contribution in [0.25, 0.3) is 0 Å². The fourth-order valence-electron chi connectivity index (χ4n) is 1.70. The monoisotopic (exact) mass is 330 g/mol. The molecule has 2 aromatic rings. The summed E-state index contributed by atoms with van der Waals surface area (Å²) in [6.07, 6.45) is 0. The zero-order valence-corrected chi connectivity index (χ0v) is 12.0. The van der Waals surface area contributed by atoms with Crippen molar-refractivity contribution in [3.05, 3.63) is 56.2 Å². The van der Waals surface area contributed by atoms with E-state index in [2.05, 4.69) is 15.9 Å². The number of carbonyl (C=O) groups is 1. The molecule has 0 saturated carbocycles. The van der Waals surface area contributed by atoms with Gasteiger partial charge in [-0.1, -0.05) is 11.6 Å². The van der Waals surface area contributed by atoms with Gasteiger partial charge in [-0.05, 0) is 48.0 Å². The number of carbonyl (C=O) groups excluding carboxylic acids is 1. The van der Waals surface area contributed by atoms with Gasteiger partial charge in [-0.2, -0.15) is 0 Å². The molecule has 2 nitrogen and oxygen atoms in total. The van der Waals surface area contributed by atoms with Gasteiger partial charge < -0.3 is 4.42 Å². The largest absolute Gasteiger partial charge is 0.466 e. The third-order valence-electron chi connectivity index (χ3n) is 2.57. The first kappa shape index (κ1) is 13.3. The van der Waals surface area contributed by atoms with Crippen LogP contribution in [0.2, 0.25) is 5.02 Å². The number of hydrogen-bond donors (Lipinski definition) is 0. The standard InChI is InChI=1S/C13H9BrClFO2/c1-6-5-9(7(2)18-6)13(17)8-3-4-10(14)11(15)12(8)16/h3-5H,1-2H3. The molecule has 0 aliphatic rings. The van der Waals surface area contributed by atoms with E-state index >= 15 is 0 Å². The molecule has 5 heteroatoms. The maximum Gasteiger partial charge on any atom is 0.199 e. The van der Waals surface area contributed by atoms with Crippen LogP contribution in [-0.4, -0.2) is 5.78 Å². The number of ketones is 1. The number of rotatable bonds is 2. The summed E-state index contributed by atoms with van der Waals surface area (Å²) in [5, 5.41) is -0.0984. The summed E-state index contributed by atoms with van der Waals surface area (Å²) in [5.74, 6) is -0.0825. The number of hydrogen-bond acceptors (Lipinski definition) is 2. The highest BCUT2D eigenvalue weighted by molar-refractivity contribution is 9.10. The zero-order chi connectivity index (χ0) is 13.4. The van der Waals surface area contributed by atoms with E-state index in [0.717, 1.165) is 0 Å². The minimum atomic E-state index is -0.728. The Morgan fingerprint density at radius 2 is 2.00 bits per heavy atom. The maximum absolute atomic E-state index is 13.9. The van der Waals surface area contributed by atoms with Gasteiger partial charge in [0.1, 0.15) is 11.5 Å². The van der Waals surface area contributed by atoms with E-state index in [1.807, 2.05) is 0 Å². The molecule has 0 fully saturated rings. The summed E-state index contributed by atoms with van der Waals surface area (Å²) in [6.45, 7) is 3.40. The van der Waals surface area contributed by atoms with E-state index in [1.165, 1.54) is 6.07 Å². The van der Waals surface area contributed by atoms with Gasteiger partial charge in [0.05, 0.1) is 16.1 Å². The van der Waals surface area contributed by atoms with Crippen LogP contribution >= 0.6 is 27.5 Å². The second-order valence-electron chi connectivity index (χ2n) is 3.88. The Kier molecular flexibility index (Phi) is 3.59. The van der Waals surface area contributed by atoms with Gasteiger partial charge in [-0.3, -0.25) is 4.79 Å². The first-order valence-corrected chi connectivity index (χ1v) is 6.34. The topological polar surface area (TPSA) is 30.2 Å². The van der Waals surface area contributed by atoms with E-state index in [-0.39, 0.29) is 10.6 Å². The summed E-state index contributed by atoms with van der Waals surface area (Å²) < 4.78 is 19.6. The van der Waals surface area contributed by atoms with E-state index in [0.29, 0.717) is 21.6 Å². The molecule has 1 aromatic heterocycles. The van der Waals surface area contributed by atoms with E-state index < -0.39 is 11.6 Å². The van der Waals surface area contributed by atoms with Crippen LogP contribution in [0.5, 0.6) is 0 Å². The summed E-state index contributed by atoms with van der Waals surface area (Å²) in [7, 11) is 0. The van der Waals surface area contributed by atoms with Crippen LogP contribution in [0, 0.1) is 19.7 Å². The molecule has 0 N–H and O–H groups in total. The molecule has 0 atom stereocenters. The van der Waals surface area contributed by atoms with Crippen molar-refractivity contribution in [1.29, 1.82) is 0 Å². The van der Waals surface area contributed by atoms with Crippen LogP contribution in [-0.2, 0) is 0 Å². The smallest absolute Gasteiger partial charge is 0.199 e. The van der Waals surface area contributed by atoms with Crippen molar-refractivity contribution < 1.29 is 13.6 Å². The van der Waals surface area contributed by atoms with Crippen LogP contribution in [0.15, 0.2) is 27.1 Å². The predicted octanol–water partition coefficient (Wildman–Crippen LogP) is 4.68. The Labute approximate surface area is 117 Å². The van der Waals surface area contributed by atoms with Gasteiger partial charge in [0, 0.05) is 4.47 Å². The molecule has 0 bridgehead atoms. The Morgan fingerprint density at radius 1 is 1.33 bits per heavy atom. The molecule has 0 saturated heterocycles. The van der Waals surface area contributed by atoms with Gasteiger partial charge >= 0.3 is 0 Å². The molecule has 0 spiro atoms. The first-order chi connectivity index (χ1) is 8.41. The van der Waals surface area contributed by atoms with Crippen molar-refractivity contribution in [1.82, 2.24) is 0 Å². The normalized spacial score (nSPS) is 10.7. The molecule has 1 heterocycles. The molecule has 0 amide bonds. The summed E-state index contributed by atoms with van der Waals surface area (Å²) in [4.78, 5) is 12.2. The molecule has 0 aliphatic carbocycles. The lowest BCUT2D eigenvalue weighted by molar-refractivity contribution is 0.103. The number of furan rings is 1. The zero-order valence-electron chi connectivity index (χ0n) is 9.68. The Bertz CT molecular complexity index is 634. The molecule has 0 aliphatic heterocycles. The lowest BCUT2D eigenvalue weighted by atomic mass is 10.0. The van der Waals surface area contributed by atoms with Gasteiger partial charge in [-0.25, -0.2) is 4.39 Å². The molecule has 1 aromatic carbocycles. The van der Waals surface area contributed by atoms with E-state index in [1.54, 1.807) is 26.0 Å². The van der Waals surface area contributed by atoms with Crippen molar-refractivity contribution in [2.75, 3.05) is 0 Å². The second kappa shape index (κ2) is 4.86. The number of benzene rings is 1. The van der Waals surface area contributed by atoms with Crippen LogP contribution in [0.4, 0.5) is 4.39 Å². The third kappa shape index (κ3) is 2.22. The number of aryl methyl sites for hydroxylation is 2. The molecule has 0 radical (unpaired) electrons. The molecule has 18 heavy (non-hydrogen) atoms. The quantitative estimate of drug-likeness (QED) is 0.590. The van der Waals surface area contributed by atoms with Crippen LogP contribution < -0.4 is 0 Å². The predicted molar refractivity (Wildman–Crippen MR) is 70.7 cm³/mol. The highest BCUT2D eigenvalue weighted by Gasteiger charge is 2.21. The third-order valence-corrected chi connectivity index (χ3v) is 3.82. The highest BCUT2D eigenvalue weighted by Crippen LogP contribution is 2.29. The molecular weight excluding hydrogens is 322 g/mol. The lowest BCUT2D eigenvalue weighted by Crippen LogP contribution is -2.05. The van der Waals surface area contributed by atoms with Crippen molar-refractivity contribution in [2.45, 2.75) is 13.8 Å². The fourth-order valence-corrected chi connectivity index (χ4v) is 2.17. The summed E-state index contributed by atoms with van der Waals surface area (Å²) in [6, 6.07) is 4.53. The first-order valence-electron chi connectivity index (χ1n) is 5.17. The van der Waals surface area contributed by atoms with Gasteiger partial charge in [0.25, 0.3) is 0 Å². The fraction of sp³-hybridized carbons (Fsp3) is 0.154. The van der Waals surface area contributed by atoms with Gasteiger partial charge in [0.15, 0.2) is 11.6 Å². The van der Waals surface area contributed by atoms with E-state index in [9.17, 15) is 9.18 Å². The minimum Gasteiger partial charge on any atom is -0.466 e. The average molecular weight is 332 g/mol. The van der Waals surface area contributed by atoms with Gasteiger partial charge in [-0.15, -0.1) is 0 Å². The Morgan fingerprint density at radius 3 is 2.56 bits per heavy atom. The number of halogens is 3. The molecule has 2 rings (SSSR count). The van der Waals surface area contributed by atoms with Crippen LogP contribution in [0.3, 0.4) is 0 Å². The van der Waals surface area contributed by atoms with Gasteiger partial charge in [0.2, 0.25) is 0 Å². The second-order valence-corrected chi connectivity index (χ2v) is 5.11. The van der Waals surface area contributed by atoms with Crippen molar-refractivity contribution in [2.24, 2.45) is 0 Å². The summed E-state index contributed by atoms with van der Waals surface area (Å²) >= 11 is 8.86. The minimum absolute atomic E-state index is 0.0629. The Hall–Kier alpha value is -1.13. The Balaban J connectivity index is 2.53. The van der Waals surface area contributed by atoms with E-state index in [4.69, 9.17) is 16.0 Å². The SMILES string of the molecule is Cc1cc(C(=O)c2ccc(Br)c(Cl)c2F)c(C)o1. The molecule has 0 unspecified atom stereocenters. The van der Waals surface area contributed by atoms with Crippen molar-refractivity contribution in [3.63, 3.8) is 0 Å². The lowest BCUT2D eigenvalue weighted by Gasteiger charge is -2.04. The van der Waals surface area contributed by atoms with Crippen molar-refractivity contribution >= 4 is 33.3 Å². The van der Waals surface area contributed by atoms with Crippen molar-refractivity contribution in [3.8, 4) is 0 Å². The molecule has 94 valence electrons. The maximum atomic E-state index is 13.9. The average Bonchev–Trinajstić information content (AvgIpc) is 2.65. The molecular formula is C13H9BrClFO2.